The lowest BCUT2D eigenvalue weighted by Gasteiger charge is -2.17. The van der Waals surface area contributed by atoms with E-state index >= 15 is 0 Å². The number of anilines is 2. The molecule has 0 spiro atoms. The predicted octanol–water partition coefficient (Wildman–Crippen LogP) is 14.0. The van der Waals surface area contributed by atoms with Crippen molar-refractivity contribution in [2.24, 2.45) is 0 Å². The van der Waals surface area contributed by atoms with Crippen molar-refractivity contribution in [2.45, 2.75) is 6.18 Å². The van der Waals surface area contributed by atoms with Gasteiger partial charge in [0.2, 0.25) is 0 Å². The number of nitrogens with zero attached hydrogens (tertiary/aromatic N) is 4. The number of nitro benzene ring substituents is 2. The van der Waals surface area contributed by atoms with Gasteiger partial charge in [0.05, 0.1) is 119 Å². The quantitative estimate of drug-likeness (QED) is 0.0567. The molecular weight excluding hydrogens is 1080 g/mol. The van der Waals surface area contributed by atoms with Crippen LogP contribution in [0.25, 0.3) is 90.9 Å². The summed E-state index contributed by atoms with van der Waals surface area (Å²) in [5.74, 6) is 3.68. The number of hydrogen-bond donors (Lipinski definition) is 3. The first-order valence-electron chi connectivity index (χ1n) is 25.0. The van der Waals surface area contributed by atoms with Crippen LogP contribution in [0.4, 0.5) is 35.9 Å². The lowest BCUT2D eigenvalue weighted by Crippen LogP contribution is -2.09. The van der Waals surface area contributed by atoms with E-state index in [9.17, 15) is 33.4 Å². The number of alkyl halides is 3. The van der Waals surface area contributed by atoms with Gasteiger partial charge in [0.15, 0.2) is 5.69 Å². The molecule has 0 saturated heterocycles. The van der Waals surface area contributed by atoms with E-state index in [1.807, 2.05) is 48.6 Å². The first-order valence-corrected chi connectivity index (χ1v) is 25.0. The predicted molar refractivity (Wildman–Crippen MR) is 308 cm³/mol. The third-order valence-electron chi connectivity index (χ3n) is 13.9. The smallest absolute Gasteiger partial charge is 0.416 e. The van der Waals surface area contributed by atoms with Crippen LogP contribution >= 0.6 is 0 Å². The number of fused-ring (bicyclic) bond motifs is 8. The number of hydrogen-bond acceptors (Lipinski definition) is 16. The maximum absolute atomic E-state index is 13.9. The van der Waals surface area contributed by atoms with E-state index < -0.39 is 38.6 Å². The van der Waals surface area contributed by atoms with Crippen LogP contribution < -0.4 is 47.9 Å². The Morgan fingerprint density at radius 1 is 0.422 bits per heavy atom. The molecule has 0 fully saturated rings. The molecule has 0 atom stereocenters. The molecule has 83 heavy (non-hydrogen) atoms. The first kappa shape index (κ1) is 55.6. The Bertz CT molecular complexity index is 4000. The molecule has 424 valence electrons. The standard InChI is InChI=1S/C60H50F3N7O13/c1-75-33-24-46(78-4)56(47(25-33)79-5)53-38-16-14-36(65-38)52(30-10-12-32(13-11-30)64-59-44(69(71)72)22-31(60(61,62)63)23-45(59)70(73)74)37-15-17-39(66-37)54(57-48(80-6)26-34(76-2)27-49(57)81-7)41-19-21-43(68-41)55(42-20-18-40(53)67-42)58-50(82-8)28-35(77-3)29-51(58)83-9/h10-29,64-65,68H,1-9H3. The zero-order valence-electron chi connectivity index (χ0n) is 45.8. The highest BCUT2D eigenvalue weighted by molar-refractivity contribution is 6.03. The molecule has 3 N–H and O–H groups in total. The Kier molecular flexibility index (Phi) is 15.0. The third kappa shape index (κ3) is 10.2. The fourth-order valence-corrected chi connectivity index (χ4v) is 10.1. The summed E-state index contributed by atoms with van der Waals surface area (Å²) in [5.41, 5.74) is 3.50. The van der Waals surface area contributed by atoms with E-state index in [1.165, 1.54) is 54.8 Å². The van der Waals surface area contributed by atoms with Crippen LogP contribution in [-0.4, -0.2) is 93.8 Å². The Hall–Kier alpha value is -10.7. The summed E-state index contributed by atoms with van der Waals surface area (Å²) < 4.78 is 95.1. The summed E-state index contributed by atoms with van der Waals surface area (Å²) in [7, 11) is 13.8. The van der Waals surface area contributed by atoms with Gasteiger partial charge in [-0.25, -0.2) is 9.97 Å². The van der Waals surface area contributed by atoms with Gasteiger partial charge in [-0.3, -0.25) is 20.2 Å². The fraction of sp³-hybridized carbons (Fsp3) is 0.167. The number of benzene rings is 5. The normalized spacial score (nSPS) is 11.7. The Labute approximate surface area is 470 Å². The van der Waals surface area contributed by atoms with Gasteiger partial charge in [-0.15, -0.1) is 0 Å². The summed E-state index contributed by atoms with van der Waals surface area (Å²) in [6.07, 6.45) is 2.24. The Morgan fingerprint density at radius 3 is 1.00 bits per heavy atom. The molecule has 5 aromatic carbocycles. The van der Waals surface area contributed by atoms with Crippen molar-refractivity contribution >= 4 is 69.1 Å². The van der Waals surface area contributed by atoms with Crippen LogP contribution in [-0.2, 0) is 6.18 Å². The molecule has 3 aromatic heterocycles. The number of ether oxygens (including phenoxy) is 9. The number of aromatic nitrogens is 4. The molecular formula is C60H50F3N7O13. The minimum atomic E-state index is -5.11. The number of nitrogens with one attached hydrogen (secondary N) is 3. The zero-order chi connectivity index (χ0) is 59.0. The third-order valence-corrected chi connectivity index (χ3v) is 13.9. The van der Waals surface area contributed by atoms with Gasteiger partial charge < -0.3 is 57.9 Å². The van der Waals surface area contributed by atoms with Crippen molar-refractivity contribution in [1.82, 2.24) is 19.9 Å². The maximum Gasteiger partial charge on any atom is 0.416 e. The molecule has 23 heteroatoms. The van der Waals surface area contributed by atoms with Crippen molar-refractivity contribution in [3.8, 4) is 96.3 Å². The van der Waals surface area contributed by atoms with E-state index in [4.69, 9.17) is 52.6 Å². The first-order chi connectivity index (χ1) is 40.0. The van der Waals surface area contributed by atoms with Gasteiger partial charge >= 0.3 is 6.18 Å². The average molecular weight is 1130 g/mol. The largest absolute Gasteiger partial charge is 0.496 e. The van der Waals surface area contributed by atoms with Gasteiger partial charge in [0.1, 0.15) is 51.7 Å². The molecule has 20 nitrogen and oxygen atoms in total. The minimum absolute atomic E-state index is 0.0714. The number of H-pyrrole nitrogens is 2. The summed E-state index contributed by atoms with van der Waals surface area (Å²) in [5, 5.41) is 27.1. The van der Waals surface area contributed by atoms with E-state index in [-0.39, 0.29) is 17.8 Å². The van der Waals surface area contributed by atoms with E-state index in [0.717, 1.165) is 0 Å². The molecule has 0 aliphatic carbocycles. The zero-order valence-corrected chi connectivity index (χ0v) is 45.8. The van der Waals surface area contributed by atoms with Gasteiger partial charge in [-0.2, -0.15) is 13.2 Å². The molecule has 2 aliphatic heterocycles. The summed E-state index contributed by atoms with van der Waals surface area (Å²) >= 11 is 0. The van der Waals surface area contributed by atoms with E-state index in [2.05, 4.69) is 15.3 Å². The Balaban J connectivity index is 1.35. The molecule has 10 rings (SSSR count). The van der Waals surface area contributed by atoms with Crippen LogP contribution in [0.5, 0.6) is 51.7 Å². The van der Waals surface area contributed by atoms with E-state index in [1.54, 1.807) is 69.9 Å². The van der Waals surface area contributed by atoms with Crippen molar-refractivity contribution in [2.75, 3.05) is 69.3 Å². The molecule has 2 aliphatic rings. The lowest BCUT2D eigenvalue weighted by atomic mass is 10.0. The van der Waals surface area contributed by atoms with Crippen LogP contribution in [0.1, 0.15) is 28.3 Å². The van der Waals surface area contributed by atoms with Crippen molar-refractivity contribution in [3.05, 3.63) is 146 Å². The van der Waals surface area contributed by atoms with Crippen LogP contribution in [0, 0.1) is 20.2 Å². The fourth-order valence-electron chi connectivity index (χ4n) is 10.1. The lowest BCUT2D eigenvalue weighted by molar-refractivity contribution is -0.392. The summed E-state index contributed by atoms with van der Waals surface area (Å²) in [4.78, 5) is 40.3. The SMILES string of the molecule is COc1cc(OC)c(-c2c3nc(c(-c4c(OC)cc(OC)cc4OC)c4ccc([nH]4)c(-c4c(OC)cc(OC)cc4OC)c4nc(c(-c5ccc(Nc6c([N+](=O)[O-])cc(C(F)(F)F)cc6[N+](=O)[O-])cc5)c5ccc2[nH]5)C=C4)C=C3)c(OC)c1. The number of methoxy groups -OCH3 is 9. The highest BCUT2D eigenvalue weighted by Gasteiger charge is 2.38. The molecule has 5 heterocycles. The molecule has 0 unspecified atom stereocenters. The highest BCUT2D eigenvalue weighted by atomic mass is 19.4. The summed E-state index contributed by atoms with van der Waals surface area (Å²) in [6.45, 7) is 0. The maximum atomic E-state index is 13.9. The number of aromatic amines is 2. The number of halogens is 3. The van der Waals surface area contributed by atoms with Gasteiger partial charge in [-0.05, 0) is 66.3 Å². The number of nitro groups is 2. The Morgan fingerprint density at radius 2 is 0.723 bits per heavy atom. The van der Waals surface area contributed by atoms with Crippen molar-refractivity contribution in [1.29, 1.82) is 0 Å². The molecule has 0 saturated carbocycles. The number of rotatable bonds is 17. The topological polar surface area (TPSA) is 239 Å². The molecule has 0 amide bonds. The van der Waals surface area contributed by atoms with Gasteiger partial charge in [-0.1, -0.05) is 12.1 Å². The average Bonchev–Trinajstić information content (AvgIpc) is 4.24. The van der Waals surface area contributed by atoms with Gasteiger partial charge in [0, 0.05) is 98.5 Å². The highest BCUT2D eigenvalue weighted by Crippen LogP contribution is 2.51. The second-order valence-corrected chi connectivity index (χ2v) is 18.3. The van der Waals surface area contributed by atoms with Crippen molar-refractivity contribution in [3.63, 3.8) is 0 Å². The molecule has 8 aromatic rings. The van der Waals surface area contributed by atoms with Crippen LogP contribution in [0.2, 0.25) is 0 Å². The van der Waals surface area contributed by atoms with Crippen LogP contribution in [0.15, 0.2) is 97.1 Å². The molecule has 8 bridgehead atoms. The minimum Gasteiger partial charge on any atom is -0.496 e. The monoisotopic (exact) mass is 1130 g/mol. The second-order valence-electron chi connectivity index (χ2n) is 18.3. The van der Waals surface area contributed by atoms with E-state index in [0.29, 0.717) is 141 Å². The summed E-state index contributed by atoms with van der Waals surface area (Å²) in [6, 6.07) is 24.6. The second kappa shape index (κ2) is 22.4. The van der Waals surface area contributed by atoms with Crippen molar-refractivity contribution < 1.29 is 65.6 Å². The van der Waals surface area contributed by atoms with Gasteiger partial charge in [0.25, 0.3) is 11.4 Å². The van der Waals surface area contributed by atoms with Crippen LogP contribution in [0.3, 0.4) is 0 Å². The molecule has 0 radical (unpaired) electrons.